The smallest absolute Gasteiger partial charge is 0.221 e. The molecule has 3 unspecified atom stereocenters. The molecular weight excluding hydrogens is 583 g/mol. The largest absolute Gasteiger partial charge is 0.378 e. The Kier molecular flexibility index (Phi) is 7.19. The summed E-state index contributed by atoms with van der Waals surface area (Å²) in [5.41, 5.74) is 14.2. The molecule has 48 heavy (non-hydrogen) atoms. The summed E-state index contributed by atoms with van der Waals surface area (Å²) in [6.07, 6.45) is 12.7. The lowest BCUT2D eigenvalue weighted by molar-refractivity contribution is -0.769. The molecule has 0 amide bonds. The molecule has 3 aliphatic rings. The van der Waals surface area contributed by atoms with Crippen molar-refractivity contribution >= 4 is 16.5 Å². The summed E-state index contributed by atoms with van der Waals surface area (Å²) in [5, 5.41) is 2.89. The first-order chi connectivity index (χ1) is 23.1. The predicted molar refractivity (Wildman–Crippen MR) is 200 cm³/mol. The highest BCUT2D eigenvalue weighted by Gasteiger charge is 2.62. The fourth-order valence-corrected chi connectivity index (χ4v) is 10.3. The van der Waals surface area contributed by atoms with Gasteiger partial charge >= 0.3 is 0 Å². The molecule has 0 N–H and O–H groups in total. The van der Waals surface area contributed by atoms with Crippen molar-refractivity contribution in [3.05, 3.63) is 113 Å². The van der Waals surface area contributed by atoms with Crippen LogP contribution in [-0.2, 0) is 29.2 Å². The number of rotatable bonds is 8. The van der Waals surface area contributed by atoms with Gasteiger partial charge < -0.3 is 4.90 Å². The van der Waals surface area contributed by atoms with E-state index in [4.69, 9.17) is 0 Å². The molecule has 0 saturated heterocycles. The maximum Gasteiger partial charge on any atom is 0.221 e. The van der Waals surface area contributed by atoms with Gasteiger partial charge in [-0.2, -0.15) is 9.13 Å². The molecule has 0 saturated carbocycles. The van der Waals surface area contributed by atoms with Gasteiger partial charge in [-0.05, 0) is 70.7 Å². The van der Waals surface area contributed by atoms with E-state index >= 15 is 0 Å². The number of pyridine rings is 2. The van der Waals surface area contributed by atoms with Crippen LogP contribution < -0.4 is 14.0 Å². The van der Waals surface area contributed by atoms with Crippen molar-refractivity contribution < 1.29 is 9.13 Å². The molecule has 1 aliphatic carbocycles. The lowest BCUT2D eigenvalue weighted by Gasteiger charge is -2.51. The number of benzene rings is 3. The quantitative estimate of drug-likeness (QED) is 0.155. The van der Waals surface area contributed by atoms with Crippen molar-refractivity contribution in [2.24, 2.45) is 0 Å². The molecule has 0 fully saturated rings. The maximum absolute atomic E-state index is 2.76. The van der Waals surface area contributed by atoms with E-state index in [1.807, 2.05) is 0 Å². The van der Waals surface area contributed by atoms with Crippen LogP contribution in [0.15, 0.2) is 85.2 Å². The normalized spacial score (nSPS) is 22.7. The number of hydrogen-bond acceptors (Lipinski definition) is 1. The van der Waals surface area contributed by atoms with E-state index in [1.165, 1.54) is 74.1 Å². The number of unbranched alkanes of at least 4 members (excludes halogenated alkanes) is 1. The molecule has 3 heteroatoms. The van der Waals surface area contributed by atoms with Crippen LogP contribution in [0.3, 0.4) is 0 Å². The molecule has 3 nitrogen and oxygen atoms in total. The molecule has 3 atom stereocenters. The Morgan fingerprint density at radius 2 is 1.62 bits per heavy atom. The van der Waals surface area contributed by atoms with E-state index in [1.54, 1.807) is 5.56 Å². The Hall–Kier alpha value is -3.98. The van der Waals surface area contributed by atoms with Crippen LogP contribution in [0.1, 0.15) is 108 Å². The van der Waals surface area contributed by atoms with Gasteiger partial charge in [0.05, 0.1) is 21.9 Å². The van der Waals surface area contributed by atoms with Crippen molar-refractivity contribution in [3.63, 3.8) is 0 Å². The van der Waals surface area contributed by atoms with Gasteiger partial charge in [-0.3, -0.25) is 0 Å². The van der Waals surface area contributed by atoms with Crippen LogP contribution in [0.2, 0.25) is 0 Å². The van der Waals surface area contributed by atoms with Gasteiger partial charge in [-0.1, -0.05) is 77.4 Å². The van der Waals surface area contributed by atoms with Crippen molar-refractivity contribution in [1.29, 1.82) is 0 Å². The molecule has 4 heterocycles. The third-order valence-electron chi connectivity index (χ3n) is 13.2. The number of hydrogen-bond donors (Lipinski definition) is 0. The molecule has 8 rings (SSSR count). The first kappa shape index (κ1) is 31.3. The number of aromatic nitrogens is 2. The predicted octanol–water partition coefficient (Wildman–Crippen LogP) is 9.77. The lowest BCUT2D eigenvalue weighted by atomic mass is 9.54. The second-order valence-electron chi connectivity index (χ2n) is 16.0. The summed E-state index contributed by atoms with van der Waals surface area (Å²) in [6.45, 7) is 14.7. The van der Waals surface area contributed by atoms with E-state index in [2.05, 4.69) is 155 Å². The molecule has 0 spiro atoms. The summed E-state index contributed by atoms with van der Waals surface area (Å²) in [6, 6.07) is 29.1. The number of nitrogens with zero attached hydrogens (tertiary/aromatic N) is 3. The zero-order valence-electron chi connectivity index (χ0n) is 30.5. The Morgan fingerprint density at radius 1 is 0.812 bits per heavy atom. The molecule has 2 aliphatic heterocycles. The number of fused-ring (bicyclic) bond motifs is 3. The molecule has 3 aromatic carbocycles. The van der Waals surface area contributed by atoms with Gasteiger partial charge in [0.1, 0.15) is 0 Å². The van der Waals surface area contributed by atoms with Gasteiger partial charge in [0.15, 0.2) is 24.0 Å². The van der Waals surface area contributed by atoms with Crippen LogP contribution in [0, 0.1) is 0 Å². The van der Waals surface area contributed by atoms with Gasteiger partial charge in [0.2, 0.25) is 11.4 Å². The standard InChI is InChI=1S/C45H53N3/c1-9-12-16-30-25-32-22-24-48-42-40(32)38(26-30)43(4,5)36-17-15-18-37(41(36)42)45(11-3,44(48,6)10-2)29-34-27-31-20-21-33(46(7)8)28-35(31)39-19-13-14-23-47(34)39/h13-15,17-26,28,34H,9-12,16,27,29H2,1-8H3/q+2. The first-order valence-electron chi connectivity index (χ1n) is 18.6. The highest BCUT2D eigenvalue weighted by Crippen LogP contribution is 2.59. The molecule has 0 radical (unpaired) electrons. The van der Waals surface area contributed by atoms with Gasteiger partial charge in [-0.25, -0.2) is 0 Å². The lowest BCUT2D eigenvalue weighted by Crippen LogP contribution is -2.70. The summed E-state index contributed by atoms with van der Waals surface area (Å²) in [5.74, 6) is 0. The molecular formula is C45H53N3+2. The first-order valence-corrected chi connectivity index (χ1v) is 18.6. The third-order valence-corrected chi connectivity index (χ3v) is 13.2. The van der Waals surface area contributed by atoms with Crippen LogP contribution in [-0.4, -0.2) is 14.1 Å². The Balaban J connectivity index is 1.36. The van der Waals surface area contributed by atoms with Crippen LogP contribution in [0.25, 0.3) is 33.3 Å². The van der Waals surface area contributed by atoms with Crippen LogP contribution in [0.5, 0.6) is 0 Å². The Bertz CT molecular complexity index is 2090. The zero-order valence-corrected chi connectivity index (χ0v) is 30.5. The monoisotopic (exact) mass is 635 g/mol. The van der Waals surface area contributed by atoms with Crippen molar-refractivity contribution in [2.75, 3.05) is 19.0 Å². The van der Waals surface area contributed by atoms with E-state index in [9.17, 15) is 0 Å². The summed E-state index contributed by atoms with van der Waals surface area (Å²) in [4.78, 5) is 2.22. The summed E-state index contributed by atoms with van der Waals surface area (Å²) in [7, 11) is 4.28. The highest BCUT2D eigenvalue weighted by molar-refractivity contribution is 6.01. The molecule has 2 aromatic heterocycles. The minimum atomic E-state index is -0.0961. The van der Waals surface area contributed by atoms with Gasteiger partial charge in [0, 0.05) is 69.6 Å². The minimum Gasteiger partial charge on any atom is -0.378 e. The van der Waals surface area contributed by atoms with Crippen LogP contribution in [0.4, 0.5) is 5.69 Å². The summed E-state index contributed by atoms with van der Waals surface area (Å²) >= 11 is 0. The van der Waals surface area contributed by atoms with Crippen LogP contribution >= 0.6 is 0 Å². The number of aryl methyl sites for hydroxylation is 1. The van der Waals surface area contributed by atoms with E-state index in [0.717, 1.165) is 32.1 Å². The molecule has 246 valence electrons. The Morgan fingerprint density at radius 3 is 2.38 bits per heavy atom. The van der Waals surface area contributed by atoms with Crippen molar-refractivity contribution in [2.45, 2.75) is 109 Å². The Labute approximate surface area is 288 Å². The van der Waals surface area contributed by atoms with Gasteiger partial charge in [0.25, 0.3) is 0 Å². The van der Waals surface area contributed by atoms with E-state index in [0.29, 0.717) is 6.04 Å². The second kappa shape index (κ2) is 11.0. The summed E-state index contributed by atoms with van der Waals surface area (Å²) < 4.78 is 5.37. The molecule has 0 bridgehead atoms. The van der Waals surface area contributed by atoms with Crippen molar-refractivity contribution in [1.82, 2.24) is 0 Å². The maximum atomic E-state index is 2.76. The fraction of sp³-hybridized carbons (Fsp3) is 0.422. The second-order valence-corrected chi connectivity index (χ2v) is 16.0. The topological polar surface area (TPSA) is 11.0 Å². The zero-order chi connectivity index (χ0) is 33.6. The third kappa shape index (κ3) is 4.12. The van der Waals surface area contributed by atoms with Gasteiger partial charge in [-0.15, -0.1) is 0 Å². The average molecular weight is 636 g/mol. The van der Waals surface area contributed by atoms with E-state index in [-0.39, 0.29) is 16.4 Å². The number of anilines is 1. The highest BCUT2D eigenvalue weighted by atomic mass is 15.1. The minimum absolute atomic E-state index is 0.0566. The van der Waals surface area contributed by atoms with Crippen molar-refractivity contribution in [3.8, 4) is 22.5 Å². The average Bonchev–Trinajstić information content (AvgIpc) is 3.10. The fourth-order valence-electron chi connectivity index (χ4n) is 10.3. The SMILES string of the molecule is CCCCc1cc2c3c4[n+](ccc3c1)C(C)(CC)C(CC)(CC1Cc3ccc(N(C)C)cc3-c3cccc[n+]31)c1cccc(c1-4)C2(C)C. The molecule has 5 aromatic rings. The van der Waals surface area contributed by atoms with E-state index < -0.39 is 0 Å².